The van der Waals surface area contributed by atoms with Gasteiger partial charge in [0.25, 0.3) is 0 Å². The van der Waals surface area contributed by atoms with E-state index in [9.17, 15) is 5.11 Å². The van der Waals surface area contributed by atoms with Crippen molar-refractivity contribution in [3.8, 4) is 0 Å². The summed E-state index contributed by atoms with van der Waals surface area (Å²) in [5.74, 6) is 0. The van der Waals surface area contributed by atoms with Crippen molar-refractivity contribution < 1.29 is 9.84 Å². The quantitative estimate of drug-likeness (QED) is 0.807. The standard InChI is InChI=1S/C12H19NO2/c1-4-10-6-5-7-13-12(10)11(14)8-15-9(2)3/h5-7,9,11,14H,4,8H2,1-3H3. The van der Waals surface area contributed by atoms with Gasteiger partial charge in [-0.2, -0.15) is 0 Å². The van der Waals surface area contributed by atoms with Crippen LogP contribution < -0.4 is 0 Å². The molecule has 0 saturated heterocycles. The lowest BCUT2D eigenvalue weighted by Crippen LogP contribution is -2.14. The first-order chi connectivity index (χ1) is 7.15. The van der Waals surface area contributed by atoms with Crippen LogP contribution in [0.4, 0.5) is 0 Å². The summed E-state index contributed by atoms with van der Waals surface area (Å²) >= 11 is 0. The zero-order chi connectivity index (χ0) is 11.3. The molecule has 1 aromatic rings. The molecule has 0 aromatic carbocycles. The van der Waals surface area contributed by atoms with Gasteiger partial charge in [-0.25, -0.2) is 0 Å². The molecule has 1 unspecified atom stereocenters. The average molecular weight is 209 g/mol. The summed E-state index contributed by atoms with van der Waals surface area (Å²) in [6.07, 6.45) is 2.09. The zero-order valence-electron chi connectivity index (χ0n) is 9.60. The Bertz CT molecular complexity index is 299. The first-order valence-electron chi connectivity index (χ1n) is 5.38. The van der Waals surface area contributed by atoms with Crippen LogP contribution in [0.15, 0.2) is 18.3 Å². The van der Waals surface area contributed by atoms with E-state index in [4.69, 9.17) is 4.74 Å². The zero-order valence-corrected chi connectivity index (χ0v) is 9.60. The van der Waals surface area contributed by atoms with E-state index in [-0.39, 0.29) is 6.10 Å². The Morgan fingerprint density at radius 3 is 2.80 bits per heavy atom. The summed E-state index contributed by atoms with van der Waals surface area (Å²) in [4.78, 5) is 4.20. The van der Waals surface area contributed by atoms with E-state index in [0.29, 0.717) is 6.61 Å². The molecule has 3 nitrogen and oxygen atoms in total. The maximum Gasteiger partial charge on any atom is 0.119 e. The molecule has 0 bridgehead atoms. The third-order valence-electron chi connectivity index (χ3n) is 2.21. The number of ether oxygens (including phenoxy) is 1. The number of nitrogens with zero attached hydrogens (tertiary/aromatic N) is 1. The lowest BCUT2D eigenvalue weighted by molar-refractivity contribution is 0.00293. The van der Waals surface area contributed by atoms with Crippen LogP contribution in [0, 0.1) is 0 Å². The van der Waals surface area contributed by atoms with Crippen molar-refractivity contribution in [2.75, 3.05) is 6.61 Å². The first-order valence-corrected chi connectivity index (χ1v) is 5.38. The second kappa shape index (κ2) is 5.83. The third-order valence-corrected chi connectivity index (χ3v) is 2.21. The third kappa shape index (κ3) is 3.61. The topological polar surface area (TPSA) is 42.4 Å². The Balaban J connectivity index is 2.68. The summed E-state index contributed by atoms with van der Waals surface area (Å²) < 4.78 is 5.37. The SMILES string of the molecule is CCc1cccnc1C(O)COC(C)C. The molecular weight excluding hydrogens is 190 g/mol. The van der Waals surface area contributed by atoms with Gasteiger partial charge in [0.05, 0.1) is 18.4 Å². The second-order valence-electron chi connectivity index (χ2n) is 3.80. The van der Waals surface area contributed by atoms with Crippen molar-refractivity contribution >= 4 is 0 Å². The number of aryl methyl sites for hydroxylation is 1. The Morgan fingerprint density at radius 2 is 2.20 bits per heavy atom. The van der Waals surface area contributed by atoms with Crippen molar-refractivity contribution in [2.45, 2.75) is 39.4 Å². The Hall–Kier alpha value is -0.930. The molecule has 1 atom stereocenters. The Morgan fingerprint density at radius 1 is 1.47 bits per heavy atom. The highest BCUT2D eigenvalue weighted by atomic mass is 16.5. The van der Waals surface area contributed by atoms with Crippen LogP contribution in [0.3, 0.4) is 0 Å². The van der Waals surface area contributed by atoms with Crippen molar-refractivity contribution in [1.29, 1.82) is 0 Å². The number of aliphatic hydroxyl groups excluding tert-OH is 1. The van der Waals surface area contributed by atoms with Gasteiger partial charge in [-0.05, 0) is 31.9 Å². The van der Waals surface area contributed by atoms with Crippen LogP contribution in [0.5, 0.6) is 0 Å². The Labute approximate surface area is 91.1 Å². The fourth-order valence-corrected chi connectivity index (χ4v) is 1.41. The van der Waals surface area contributed by atoms with Crippen LogP contribution >= 0.6 is 0 Å². The smallest absolute Gasteiger partial charge is 0.119 e. The van der Waals surface area contributed by atoms with Crippen LogP contribution in [-0.2, 0) is 11.2 Å². The van der Waals surface area contributed by atoms with Gasteiger partial charge >= 0.3 is 0 Å². The molecule has 15 heavy (non-hydrogen) atoms. The predicted molar refractivity (Wildman–Crippen MR) is 59.7 cm³/mol. The first kappa shape index (κ1) is 12.1. The number of pyridine rings is 1. The van der Waals surface area contributed by atoms with Crippen molar-refractivity contribution in [1.82, 2.24) is 4.98 Å². The molecule has 0 amide bonds. The molecule has 0 aliphatic carbocycles. The minimum atomic E-state index is -0.622. The van der Waals surface area contributed by atoms with Crippen LogP contribution in [-0.4, -0.2) is 22.8 Å². The molecule has 3 heteroatoms. The van der Waals surface area contributed by atoms with E-state index in [0.717, 1.165) is 17.7 Å². The van der Waals surface area contributed by atoms with Gasteiger partial charge < -0.3 is 9.84 Å². The summed E-state index contributed by atoms with van der Waals surface area (Å²) in [5.41, 5.74) is 1.82. The highest BCUT2D eigenvalue weighted by molar-refractivity contribution is 5.21. The lowest BCUT2D eigenvalue weighted by Gasteiger charge is -2.15. The summed E-state index contributed by atoms with van der Waals surface area (Å²) in [6, 6.07) is 3.87. The minimum absolute atomic E-state index is 0.133. The molecule has 0 radical (unpaired) electrons. The maximum absolute atomic E-state index is 9.89. The number of aromatic nitrogens is 1. The minimum Gasteiger partial charge on any atom is -0.384 e. The number of hydrogen-bond acceptors (Lipinski definition) is 3. The lowest BCUT2D eigenvalue weighted by atomic mass is 10.1. The van der Waals surface area contributed by atoms with E-state index in [1.807, 2.05) is 26.0 Å². The van der Waals surface area contributed by atoms with Crippen molar-refractivity contribution in [3.05, 3.63) is 29.6 Å². The summed E-state index contributed by atoms with van der Waals surface area (Å²) in [6.45, 7) is 6.26. The molecule has 1 heterocycles. The van der Waals surface area contributed by atoms with E-state index in [2.05, 4.69) is 11.9 Å². The van der Waals surface area contributed by atoms with E-state index in [1.165, 1.54) is 0 Å². The second-order valence-corrected chi connectivity index (χ2v) is 3.80. The number of hydrogen-bond donors (Lipinski definition) is 1. The van der Waals surface area contributed by atoms with Crippen molar-refractivity contribution in [2.24, 2.45) is 0 Å². The number of rotatable bonds is 5. The fourth-order valence-electron chi connectivity index (χ4n) is 1.41. The monoisotopic (exact) mass is 209 g/mol. The predicted octanol–water partition coefficient (Wildman–Crippen LogP) is 2.10. The van der Waals surface area contributed by atoms with Crippen LogP contribution in [0.2, 0.25) is 0 Å². The van der Waals surface area contributed by atoms with Gasteiger partial charge in [-0.15, -0.1) is 0 Å². The Kier molecular flexibility index (Phi) is 4.72. The fraction of sp³-hybridized carbons (Fsp3) is 0.583. The molecule has 0 aliphatic heterocycles. The van der Waals surface area contributed by atoms with Gasteiger partial charge in [0.15, 0.2) is 0 Å². The normalized spacial score (nSPS) is 13.1. The maximum atomic E-state index is 9.89. The number of aliphatic hydroxyl groups is 1. The van der Waals surface area contributed by atoms with Crippen LogP contribution in [0.25, 0.3) is 0 Å². The molecule has 84 valence electrons. The van der Waals surface area contributed by atoms with Gasteiger partial charge in [-0.3, -0.25) is 4.98 Å². The van der Waals surface area contributed by atoms with Gasteiger partial charge in [0.2, 0.25) is 0 Å². The van der Waals surface area contributed by atoms with Gasteiger partial charge in [0, 0.05) is 6.20 Å². The van der Waals surface area contributed by atoms with Gasteiger partial charge in [-0.1, -0.05) is 13.0 Å². The highest BCUT2D eigenvalue weighted by Crippen LogP contribution is 2.16. The highest BCUT2D eigenvalue weighted by Gasteiger charge is 2.13. The molecule has 0 saturated carbocycles. The van der Waals surface area contributed by atoms with E-state index >= 15 is 0 Å². The summed E-state index contributed by atoms with van der Waals surface area (Å²) in [5, 5.41) is 9.89. The van der Waals surface area contributed by atoms with E-state index < -0.39 is 6.10 Å². The van der Waals surface area contributed by atoms with Gasteiger partial charge in [0.1, 0.15) is 6.10 Å². The van der Waals surface area contributed by atoms with E-state index in [1.54, 1.807) is 6.20 Å². The largest absolute Gasteiger partial charge is 0.384 e. The van der Waals surface area contributed by atoms with Crippen LogP contribution in [0.1, 0.15) is 38.1 Å². The molecular formula is C12H19NO2. The summed E-state index contributed by atoms with van der Waals surface area (Å²) in [7, 11) is 0. The molecule has 1 aromatic heterocycles. The molecule has 0 spiro atoms. The van der Waals surface area contributed by atoms with Crippen molar-refractivity contribution in [3.63, 3.8) is 0 Å². The average Bonchev–Trinajstić information content (AvgIpc) is 2.25. The molecule has 0 fully saturated rings. The molecule has 0 aliphatic rings. The molecule has 1 rings (SSSR count). The molecule has 1 N–H and O–H groups in total.